The third-order valence-electron chi connectivity index (χ3n) is 5.71. The summed E-state index contributed by atoms with van der Waals surface area (Å²) >= 11 is 1.66. The topological polar surface area (TPSA) is 86.9 Å². The number of hydrogen-bond donors (Lipinski definition) is 1. The smallest absolute Gasteiger partial charge is 0.253 e. The van der Waals surface area contributed by atoms with Gasteiger partial charge in [0.2, 0.25) is 0 Å². The van der Waals surface area contributed by atoms with Crippen LogP contribution in [0.15, 0.2) is 78.2 Å². The van der Waals surface area contributed by atoms with E-state index >= 15 is 0 Å². The molecule has 3 heterocycles. The maximum absolute atomic E-state index is 13.1. The highest BCUT2D eigenvalue weighted by Gasteiger charge is 2.20. The number of nitrogens with zero attached hydrogens (tertiary/aromatic N) is 5. The summed E-state index contributed by atoms with van der Waals surface area (Å²) in [5.74, 6) is 1.37. The second-order valence-corrected chi connectivity index (χ2v) is 9.05. The lowest BCUT2D eigenvalue weighted by molar-refractivity contribution is 0.0949. The quantitative estimate of drug-likeness (QED) is 0.372. The van der Waals surface area contributed by atoms with Crippen LogP contribution in [-0.2, 0) is 17.8 Å². The maximum Gasteiger partial charge on any atom is 0.253 e. The zero-order valence-electron chi connectivity index (χ0n) is 18.7. The van der Waals surface area contributed by atoms with Crippen molar-refractivity contribution < 1.29 is 9.53 Å². The minimum atomic E-state index is -0.186. The van der Waals surface area contributed by atoms with Gasteiger partial charge in [-0.05, 0) is 36.6 Å². The molecule has 1 amide bonds. The van der Waals surface area contributed by atoms with Crippen LogP contribution in [0.5, 0.6) is 0 Å². The first kappa shape index (κ1) is 22.4. The molecule has 0 bridgehead atoms. The highest BCUT2D eigenvalue weighted by Crippen LogP contribution is 2.24. The maximum atomic E-state index is 13.1. The monoisotopic (exact) mass is 474 g/mol. The molecule has 174 valence electrons. The largest absolute Gasteiger partial charge is 0.377 e. The Labute approximate surface area is 202 Å². The number of carbonyl (C=O) groups is 1. The summed E-state index contributed by atoms with van der Waals surface area (Å²) in [4.78, 5) is 13.1. The fourth-order valence-electron chi connectivity index (χ4n) is 3.96. The summed E-state index contributed by atoms with van der Waals surface area (Å²) in [6.45, 7) is 1.74. The van der Waals surface area contributed by atoms with Crippen LogP contribution in [0.2, 0.25) is 0 Å². The molecule has 2 aromatic heterocycles. The van der Waals surface area contributed by atoms with E-state index in [9.17, 15) is 4.79 Å². The van der Waals surface area contributed by atoms with E-state index in [1.165, 1.54) is 0 Å². The number of amides is 1. The first-order chi connectivity index (χ1) is 16.8. The minimum Gasteiger partial charge on any atom is -0.377 e. The molecule has 5 rings (SSSR count). The van der Waals surface area contributed by atoms with Crippen LogP contribution in [-0.4, -0.2) is 48.9 Å². The molecule has 1 saturated heterocycles. The summed E-state index contributed by atoms with van der Waals surface area (Å²) in [6.07, 6.45) is 5.96. The molecule has 0 saturated carbocycles. The van der Waals surface area contributed by atoms with Crippen LogP contribution in [0.3, 0.4) is 0 Å². The van der Waals surface area contributed by atoms with Gasteiger partial charge in [0.25, 0.3) is 5.91 Å². The van der Waals surface area contributed by atoms with Crippen molar-refractivity contribution in [2.24, 2.45) is 0 Å². The van der Waals surface area contributed by atoms with Gasteiger partial charge in [-0.1, -0.05) is 54.2 Å². The van der Waals surface area contributed by atoms with Gasteiger partial charge >= 0.3 is 0 Å². The number of para-hydroxylation sites is 1. The van der Waals surface area contributed by atoms with E-state index in [1.54, 1.807) is 28.7 Å². The minimum absolute atomic E-state index is 0.186. The van der Waals surface area contributed by atoms with Crippen molar-refractivity contribution in [1.29, 1.82) is 0 Å². The van der Waals surface area contributed by atoms with Gasteiger partial charge in [-0.3, -0.25) is 4.79 Å². The SMILES string of the molecule is O=C(NCc1nnc(SCC2CCCO2)n1Cc1ccccc1)c1ccccc1-n1cccn1. The molecule has 34 heavy (non-hydrogen) atoms. The third kappa shape index (κ3) is 5.21. The standard InChI is InChI=1S/C25H26N6O2S/c32-24(21-11-4-5-12-22(21)31-14-7-13-27-31)26-16-23-28-29-25(34-18-20-10-6-15-33-20)30(23)17-19-8-2-1-3-9-19/h1-5,7-9,11-14,20H,6,10,15-18H2,(H,26,32). The number of aromatic nitrogens is 5. The van der Waals surface area contributed by atoms with E-state index in [0.717, 1.165) is 41.6 Å². The zero-order chi connectivity index (χ0) is 23.2. The first-order valence-electron chi connectivity index (χ1n) is 11.4. The van der Waals surface area contributed by atoms with E-state index in [0.29, 0.717) is 17.9 Å². The molecule has 0 aliphatic carbocycles. The molecule has 8 nitrogen and oxygen atoms in total. The van der Waals surface area contributed by atoms with E-state index in [-0.39, 0.29) is 18.6 Å². The average molecular weight is 475 g/mol. The van der Waals surface area contributed by atoms with Crippen molar-refractivity contribution in [3.05, 3.63) is 90.0 Å². The Morgan fingerprint density at radius 1 is 1.09 bits per heavy atom. The first-order valence-corrected chi connectivity index (χ1v) is 12.3. The van der Waals surface area contributed by atoms with Gasteiger partial charge in [0.05, 0.1) is 30.4 Å². The number of thioether (sulfide) groups is 1. The Kier molecular flexibility index (Phi) is 7.02. The number of nitrogens with one attached hydrogen (secondary N) is 1. The fourth-order valence-corrected chi connectivity index (χ4v) is 4.98. The van der Waals surface area contributed by atoms with Gasteiger partial charge in [-0.15, -0.1) is 10.2 Å². The van der Waals surface area contributed by atoms with Crippen LogP contribution in [0.25, 0.3) is 5.69 Å². The van der Waals surface area contributed by atoms with Crippen LogP contribution in [0, 0.1) is 0 Å². The Balaban J connectivity index is 1.33. The van der Waals surface area contributed by atoms with Gasteiger partial charge in [-0.2, -0.15) is 5.10 Å². The van der Waals surface area contributed by atoms with Crippen molar-refractivity contribution in [1.82, 2.24) is 29.9 Å². The van der Waals surface area contributed by atoms with Gasteiger partial charge in [0, 0.05) is 24.8 Å². The fraction of sp³-hybridized carbons (Fsp3) is 0.280. The van der Waals surface area contributed by atoms with Crippen LogP contribution in [0.4, 0.5) is 0 Å². The lowest BCUT2D eigenvalue weighted by Gasteiger charge is -2.13. The van der Waals surface area contributed by atoms with Crippen molar-refractivity contribution in [3.63, 3.8) is 0 Å². The Morgan fingerprint density at radius 2 is 1.94 bits per heavy atom. The molecule has 1 aliphatic rings. The number of carbonyl (C=O) groups excluding carboxylic acids is 1. The number of benzene rings is 2. The van der Waals surface area contributed by atoms with Crippen molar-refractivity contribution >= 4 is 17.7 Å². The Hall–Kier alpha value is -3.43. The van der Waals surface area contributed by atoms with E-state index in [4.69, 9.17) is 4.74 Å². The lowest BCUT2D eigenvalue weighted by atomic mass is 10.1. The Morgan fingerprint density at radius 3 is 2.74 bits per heavy atom. The highest BCUT2D eigenvalue weighted by molar-refractivity contribution is 7.99. The molecule has 9 heteroatoms. The molecular weight excluding hydrogens is 448 g/mol. The molecule has 1 fully saturated rings. The van der Waals surface area contributed by atoms with Crippen molar-refractivity contribution in [2.75, 3.05) is 12.4 Å². The summed E-state index contributed by atoms with van der Waals surface area (Å²) in [7, 11) is 0. The molecule has 4 aromatic rings. The number of hydrogen-bond acceptors (Lipinski definition) is 6. The molecule has 1 aliphatic heterocycles. The van der Waals surface area contributed by atoms with E-state index < -0.39 is 0 Å². The van der Waals surface area contributed by atoms with E-state index in [2.05, 4.69) is 37.3 Å². The molecule has 2 aromatic carbocycles. The van der Waals surface area contributed by atoms with Crippen LogP contribution < -0.4 is 5.32 Å². The predicted molar refractivity (Wildman–Crippen MR) is 130 cm³/mol. The third-order valence-corrected chi connectivity index (χ3v) is 6.80. The molecule has 1 unspecified atom stereocenters. The summed E-state index contributed by atoms with van der Waals surface area (Å²) in [6, 6.07) is 19.4. The molecule has 1 atom stereocenters. The molecule has 0 spiro atoms. The molecule has 1 N–H and O–H groups in total. The summed E-state index contributed by atoms with van der Waals surface area (Å²) in [5.41, 5.74) is 2.43. The average Bonchev–Trinajstić information content (AvgIpc) is 3.65. The van der Waals surface area contributed by atoms with Gasteiger partial charge in [0.15, 0.2) is 11.0 Å². The zero-order valence-corrected chi connectivity index (χ0v) is 19.5. The van der Waals surface area contributed by atoms with Crippen molar-refractivity contribution in [2.45, 2.75) is 37.2 Å². The number of rotatable bonds is 9. The van der Waals surface area contributed by atoms with Crippen molar-refractivity contribution in [3.8, 4) is 5.69 Å². The highest BCUT2D eigenvalue weighted by atomic mass is 32.2. The lowest BCUT2D eigenvalue weighted by Crippen LogP contribution is -2.26. The summed E-state index contributed by atoms with van der Waals surface area (Å²) < 4.78 is 9.53. The van der Waals surface area contributed by atoms with E-state index in [1.807, 2.05) is 48.7 Å². The summed E-state index contributed by atoms with van der Waals surface area (Å²) in [5, 5.41) is 17.0. The van der Waals surface area contributed by atoms with Crippen LogP contribution >= 0.6 is 11.8 Å². The van der Waals surface area contributed by atoms with Crippen LogP contribution in [0.1, 0.15) is 34.6 Å². The molecule has 0 radical (unpaired) electrons. The van der Waals surface area contributed by atoms with Gasteiger partial charge in [-0.25, -0.2) is 4.68 Å². The second kappa shape index (κ2) is 10.7. The Bertz CT molecular complexity index is 1220. The van der Waals surface area contributed by atoms with Gasteiger partial charge < -0.3 is 14.6 Å². The second-order valence-electron chi connectivity index (χ2n) is 8.07. The van der Waals surface area contributed by atoms with Gasteiger partial charge in [0.1, 0.15) is 0 Å². The number of ether oxygens (including phenoxy) is 1. The molecular formula is C25H26N6O2S. The normalized spacial score (nSPS) is 15.5. The predicted octanol–water partition coefficient (Wildman–Crippen LogP) is 3.71.